The summed E-state index contributed by atoms with van der Waals surface area (Å²) in [6, 6.07) is 73.1. The maximum atomic E-state index is 2.41. The number of benzene rings is 9. The topological polar surface area (TPSA) is 4.93 Å². The van der Waals surface area contributed by atoms with Gasteiger partial charge in [-0.2, -0.15) is 0 Å². The number of rotatable bonds is 5. The summed E-state index contributed by atoms with van der Waals surface area (Å²) in [4.78, 5) is 0. The summed E-state index contributed by atoms with van der Waals surface area (Å²) >= 11 is 0. The Kier molecular flexibility index (Phi) is 6.89. The monoisotopic (exact) mass is 647 g/mol. The summed E-state index contributed by atoms with van der Waals surface area (Å²) in [5.74, 6) is 0. The molecule has 0 saturated heterocycles. The van der Waals surface area contributed by atoms with Crippen LogP contribution in [0.3, 0.4) is 0 Å². The summed E-state index contributed by atoms with van der Waals surface area (Å²) in [6.07, 6.45) is 0. The molecule has 10 aromatic rings. The van der Waals surface area contributed by atoms with Crippen LogP contribution in [0, 0.1) is 0 Å². The average molecular weight is 648 g/mol. The highest BCUT2D eigenvalue weighted by atomic mass is 15.0. The predicted octanol–water partition coefficient (Wildman–Crippen LogP) is 13.8. The van der Waals surface area contributed by atoms with Crippen molar-refractivity contribution in [3.05, 3.63) is 200 Å². The molecule has 0 aliphatic rings. The van der Waals surface area contributed by atoms with Gasteiger partial charge in [0.1, 0.15) is 0 Å². The fourth-order valence-corrected chi connectivity index (χ4v) is 7.69. The normalized spacial score (nSPS) is 11.5. The Hall–Kier alpha value is -6.70. The maximum Gasteiger partial charge on any atom is 0.0541 e. The van der Waals surface area contributed by atoms with Gasteiger partial charge in [-0.15, -0.1) is 0 Å². The molecule has 238 valence electrons. The molecule has 0 fully saturated rings. The Labute approximate surface area is 297 Å². The van der Waals surface area contributed by atoms with E-state index < -0.39 is 0 Å². The first-order valence-electron chi connectivity index (χ1n) is 17.6. The number of hydrogen-bond donors (Lipinski definition) is 0. The molecular formula is C50H33N. The van der Waals surface area contributed by atoms with Gasteiger partial charge < -0.3 is 4.57 Å². The molecule has 1 aromatic heterocycles. The van der Waals surface area contributed by atoms with Crippen molar-refractivity contribution in [1.29, 1.82) is 0 Å². The average Bonchev–Trinajstić information content (AvgIpc) is 3.54. The number of aromatic nitrogens is 1. The lowest BCUT2D eigenvalue weighted by Crippen LogP contribution is -1.94. The summed E-state index contributed by atoms with van der Waals surface area (Å²) in [5.41, 5.74) is 13.3. The smallest absolute Gasteiger partial charge is 0.0541 e. The van der Waals surface area contributed by atoms with Gasteiger partial charge >= 0.3 is 0 Å². The zero-order chi connectivity index (χ0) is 33.7. The van der Waals surface area contributed by atoms with E-state index in [9.17, 15) is 0 Å². The lowest BCUT2D eigenvalue weighted by atomic mass is 9.97. The molecule has 1 heterocycles. The van der Waals surface area contributed by atoms with E-state index in [1.807, 2.05) is 0 Å². The molecule has 0 spiro atoms. The molecule has 1 nitrogen and oxygen atoms in total. The summed E-state index contributed by atoms with van der Waals surface area (Å²) in [7, 11) is 0. The fourth-order valence-electron chi connectivity index (χ4n) is 7.69. The molecule has 0 radical (unpaired) electrons. The highest BCUT2D eigenvalue weighted by Crippen LogP contribution is 2.38. The van der Waals surface area contributed by atoms with Gasteiger partial charge in [-0.1, -0.05) is 152 Å². The largest absolute Gasteiger partial charge is 0.309 e. The van der Waals surface area contributed by atoms with Crippen molar-refractivity contribution in [2.24, 2.45) is 0 Å². The second kappa shape index (κ2) is 12.0. The van der Waals surface area contributed by atoms with Crippen LogP contribution in [0.5, 0.6) is 0 Å². The van der Waals surface area contributed by atoms with Gasteiger partial charge in [0.05, 0.1) is 11.0 Å². The van der Waals surface area contributed by atoms with E-state index in [1.54, 1.807) is 0 Å². The van der Waals surface area contributed by atoms with Crippen LogP contribution in [0.4, 0.5) is 0 Å². The van der Waals surface area contributed by atoms with Gasteiger partial charge in [0.2, 0.25) is 0 Å². The minimum absolute atomic E-state index is 1.15. The van der Waals surface area contributed by atoms with Crippen molar-refractivity contribution in [3.8, 4) is 50.2 Å². The van der Waals surface area contributed by atoms with Crippen LogP contribution in [0.2, 0.25) is 0 Å². The van der Waals surface area contributed by atoms with E-state index >= 15 is 0 Å². The maximum absolute atomic E-state index is 2.41. The van der Waals surface area contributed by atoms with E-state index in [1.165, 1.54) is 87.9 Å². The minimum Gasteiger partial charge on any atom is -0.309 e. The standard InChI is InChI=1S/C50H33N/c1-2-8-34(9-3-1)44-24-28-49-47(32-44)48-33-45(38-16-14-37(15-17-38)42-20-18-35-10-4-6-12-40(35)30-42)25-29-50(48)51(49)46-26-22-39(23-27-46)43-21-19-36-11-5-7-13-41(36)31-43/h1-33H. The van der Waals surface area contributed by atoms with Crippen LogP contribution in [0.15, 0.2) is 200 Å². The third kappa shape index (κ3) is 5.19. The van der Waals surface area contributed by atoms with Gasteiger partial charge in [-0.25, -0.2) is 0 Å². The van der Waals surface area contributed by atoms with Crippen LogP contribution >= 0.6 is 0 Å². The molecule has 0 amide bonds. The van der Waals surface area contributed by atoms with E-state index in [0.717, 1.165) is 5.69 Å². The van der Waals surface area contributed by atoms with Crippen molar-refractivity contribution in [1.82, 2.24) is 4.57 Å². The van der Waals surface area contributed by atoms with E-state index in [-0.39, 0.29) is 0 Å². The van der Waals surface area contributed by atoms with Gasteiger partial charge in [0.15, 0.2) is 0 Å². The predicted molar refractivity (Wildman–Crippen MR) is 218 cm³/mol. The van der Waals surface area contributed by atoms with Crippen molar-refractivity contribution >= 4 is 43.4 Å². The molecule has 51 heavy (non-hydrogen) atoms. The van der Waals surface area contributed by atoms with E-state index in [0.29, 0.717) is 0 Å². The van der Waals surface area contributed by atoms with Gasteiger partial charge in [0, 0.05) is 16.5 Å². The Balaban J connectivity index is 1.07. The van der Waals surface area contributed by atoms with Crippen molar-refractivity contribution in [3.63, 3.8) is 0 Å². The summed E-state index contributed by atoms with van der Waals surface area (Å²) < 4.78 is 2.41. The van der Waals surface area contributed by atoms with Gasteiger partial charge in [-0.05, 0) is 115 Å². The Morgan fingerprint density at radius 3 is 1.08 bits per heavy atom. The number of fused-ring (bicyclic) bond motifs is 5. The zero-order valence-corrected chi connectivity index (χ0v) is 28.0. The first kappa shape index (κ1) is 29.2. The Bertz CT molecular complexity index is 2880. The molecular weight excluding hydrogens is 615 g/mol. The van der Waals surface area contributed by atoms with Crippen LogP contribution in [0.1, 0.15) is 0 Å². The lowest BCUT2D eigenvalue weighted by molar-refractivity contribution is 1.18. The number of hydrogen-bond acceptors (Lipinski definition) is 0. The third-order valence-corrected chi connectivity index (χ3v) is 10.4. The van der Waals surface area contributed by atoms with Crippen LogP contribution in [-0.4, -0.2) is 4.57 Å². The highest BCUT2D eigenvalue weighted by molar-refractivity contribution is 6.11. The minimum atomic E-state index is 1.15. The SMILES string of the molecule is c1ccc(-c2ccc3c(c2)c2cc(-c4ccc(-c5ccc6ccccc6c5)cc4)ccc2n3-c2ccc(-c3ccc4ccccc4c3)cc2)cc1. The van der Waals surface area contributed by atoms with E-state index in [4.69, 9.17) is 0 Å². The second-order valence-corrected chi connectivity index (χ2v) is 13.4. The molecule has 9 aromatic carbocycles. The molecule has 0 N–H and O–H groups in total. The third-order valence-electron chi connectivity index (χ3n) is 10.4. The Morgan fingerprint density at radius 1 is 0.235 bits per heavy atom. The first-order chi connectivity index (χ1) is 25.2. The second-order valence-electron chi connectivity index (χ2n) is 13.4. The summed E-state index contributed by atoms with van der Waals surface area (Å²) in [6.45, 7) is 0. The molecule has 0 bridgehead atoms. The fraction of sp³-hybridized carbons (Fsp3) is 0. The van der Waals surface area contributed by atoms with E-state index in [2.05, 4.69) is 205 Å². The van der Waals surface area contributed by atoms with Crippen molar-refractivity contribution in [2.75, 3.05) is 0 Å². The van der Waals surface area contributed by atoms with Crippen molar-refractivity contribution < 1.29 is 0 Å². The quantitative estimate of drug-likeness (QED) is 0.175. The van der Waals surface area contributed by atoms with Gasteiger partial charge in [-0.3, -0.25) is 0 Å². The molecule has 0 aliphatic carbocycles. The molecule has 0 saturated carbocycles. The zero-order valence-electron chi connectivity index (χ0n) is 28.0. The molecule has 0 unspecified atom stereocenters. The van der Waals surface area contributed by atoms with Gasteiger partial charge in [0.25, 0.3) is 0 Å². The van der Waals surface area contributed by atoms with Crippen LogP contribution in [-0.2, 0) is 0 Å². The molecule has 0 atom stereocenters. The first-order valence-corrected chi connectivity index (χ1v) is 17.6. The van der Waals surface area contributed by atoms with Crippen LogP contribution < -0.4 is 0 Å². The highest BCUT2D eigenvalue weighted by Gasteiger charge is 2.15. The molecule has 1 heteroatoms. The molecule has 10 rings (SSSR count). The van der Waals surface area contributed by atoms with Crippen LogP contribution in [0.25, 0.3) is 93.5 Å². The van der Waals surface area contributed by atoms with Crippen molar-refractivity contribution in [2.45, 2.75) is 0 Å². The lowest BCUT2D eigenvalue weighted by Gasteiger charge is -2.11. The molecule has 0 aliphatic heterocycles. The number of nitrogens with zero attached hydrogens (tertiary/aromatic N) is 1. The summed E-state index contributed by atoms with van der Waals surface area (Å²) in [5, 5.41) is 7.55. The Morgan fingerprint density at radius 2 is 0.588 bits per heavy atom.